The van der Waals surface area contributed by atoms with Gasteiger partial charge in [0.1, 0.15) is 0 Å². The van der Waals surface area contributed by atoms with Crippen LogP contribution in [-0.2, 0) is 6.42 Å². The van der Waals surface area contributed by atoms with Crippen molar-refractivity contribution in [2.45, 2.75) is 117 Å². The summed E-state index contributed by atoms with van der Waals surface area (Å²) in [5.41, 5.74) is 2.21. The molecule has 1 amide bonds. The maximum absolute atomic E-state index is 13.1. The van der Waals surface area contributed by atoms with Gasteiger partial charge in [-0.3, -0.25) is 4.79 Å². The zero-order valence-electron chi connectivity index (χ0n) is 19.7. The molecule has 0 fully saturated rings. The van der Waals surface area contributed by atoms with Crippen molar-refractivity contribution < 1.29 is 4.79 Å². The molecule has 0 spiro atoms. The highest BCUT2D eigenvalue weighted by molar-refractivity contribution is 5.94. The molecule has 0 radical (unpaired) electrons. The van der Waals surface area contributed by atoms with E-state index in [2.05, 4.69) is 37.8 Å². The average Bonchev–Trinajstić information content (AvgIpc) is 2.75. The Morgan fingerprint density at radius 3 is 1.55 bits per heavy atom. The summed E-state index contributed by atoms with van der Waals surface area (Å²) in [4.78, 5) is 15.3. The maximum atomic E-state index is 13.1. The molecule has 0 bridgehead atoms. The first kappa shape index (κ1) is 25.7. The van der Waals surface area contributed by atoms with E-state index in [1.807, 2.05) is 12.1 Å². The summed E-state index contributed by atoms with van der Waals surface area (Å²) >= 11 is 0. The molecule has 1 aromatic rings. The Balaban J connectivity index is 2.53. The molecular weight excluding hydrogens is 354 g/mol. The Hall–Kier alpha value is -1.31. The van der Waals surface area contributed by atoms with Crippen LogP contribution in [0.1, 0.15) is 127 Å². The third kappa shape index (κ3) is 12.1. The fourth-order valence-electron chi connectivity index (χ4n) is 3.86. The number of nitrogens with zero attached hydrogens (tertiary/aromatic N) is 1. The lowest BCUT2D eigenvalue weighted by Gasteiger charge is -2.23. The van der Waals surface area contributed by atoms with Gasteiger partial charge in [0.15, 0.2) is 0 Å². The van der Waals surface area contributed by atoms with Crippen molar-refractivity contribution in [1.82, 2.24) is 4.90 Å². The molecule has 1 aromatic carbocycles. The first-order chi connectivity index (χ1) is 14.2. The summed E-state index contributed by atoms with van der Waals surface area (Å²) in [7, 11) is 0. The number of aryl methyl sites for hydroxylation is 1. The number of hydrogen-bond donors (Lipinski definition) is 0. The average molecular weight is 402 g/mol. The number of hydrogen-bond acceptors (Lipinski definition) is 1. The number of benzene rings is 1. The maximum Gasteiger partial charge on any atom is 0.253 e. The normalized spacial score (nSPS) is 11.0. The molecule has 0 aliphatic heterocycles. The first-order valence-corrected chi connectivity index (χ1v) is 12.6. The highest BCUT2D eigenvalue weighted by Crippen LogP contribution is 2.14. The van der Waals surface area contributed by atoms with Gasteiger partial charge in [0.25, 0.3) is 5.91 Å². The van der Waals surface area contributed by atoms with Crippen molar-refractivity contribution in [2.75, 3.05) is 13.1 Å². The molecule has 0 aliphatic rings. The molecule has 2 nitrogen and oxygen atoms in total. The number of carbonyl (C=O) groups excluding carboxylic acids is 1. The molecule has 0 N–H and O–H groups in total. The lowest BCUT2D eigenvalue weighted by atomic mass is 10.1. The van der Waals surface area contributed by atoms with E-state index in [0.717, 1.165) is 37.9 Å². The van der Waals surface area contributed by atoms with Gasteiger partial charge in [-0.05, 0) is 43.4 Å². The molecule has 0 heterocycles. The van der Waals surface area contributed by atoms with E-state index in [1.165, 1.54) is 82.6 Å². The van der Waals surface area contributed by atoms with E-state index in [0.29, 0.717) is 0 Å². The third-order valence-electron chi connectivity index (χ3n) is 5.87. The van der Waals surface area contributed by atoms with E-state index in [-0.39, 0.29) is 5.91 Å². The second-order valence-corrected chi connectivity index (χ2v) is 8.63. The number of unbranched alkanes of at least 4 members (excludes halogenated alkanes) is 11. The molecule has 0 saturated carbocycles. The number of rotatable bonds is 18. The quantitative estimate of drug-likeness (QED) is 0.227. The lowest BCUT2D eigenvalue weighted by molar-refractivity contribution is 0.0749. The fourth-order valence-corrected chi connectivity index (χ4v) is 3.86. The minimum Gasteiger partial charge on any atom is -0.339 e. The van der Waals surface area contributed by atoms with E-state index in [9.17, 15) is 4.79 Å². The van der Waals surface area contributed by atoms with Crippen LogP contribution in [0.4, 0.5) is 0 Å². The molecule has 0 atom stereocenters. The summed E-state index contributed by atoms with van der Waals surface area (Å²) in [6.45, 7) is 8.57. The summed E-state index contributed by atoms with van der Waals surface area (Å²) < 4.78 is 0. The molecule has 2 heteroatoms. The van der Waals surface area contributed by atoms with Crippen molar-refractivity contribution in [2.24, 2.45) is 0 Å². The second kappa shape index (κ2) is 17.5. The first-order valence-electron chi connectivity index (χ1n) is 12.6. The van der Waals surface area contributed by atoms with Crippen LogP contribution in [0.5, 0.6) is 0 Å². The molecule has 0 unspecified atom stereocenters. The zero-order valence-corrected chi connectivity index (χ0v) is 19.7. The van der Waals surface area contributed by atoms with Crippen LogP contribution in [0.15, 0.2) is 24.3 Å². The molecule has 1 rings (SSSR count). The monoisotopic (exact) mass is 401 g/mol. The van der Waals surface area contributed by atoms with Crippen molar-refractivity contribution >= 4 is 5.91 Å². The van der Waals surface area contributed by atoms with Gasteiger partial charge < -0.3 is 4.90 Å². The molecule has 0 aromatic heterocycles. The zero-order chi connectivity index (χ0) is 21.2. The molecule has 0 aliphatic carbocycles. The van der Waals surface area contributed by atoms with Gasteiger partial charge in [-0.2, -0.15) is 0 Å². The predicted octanol–water partition coefficient (Wildman–Crippen LogP) is 8.19. The summed E-state index contributed by atoms with van der Waals surface area (Å²) in [5, 5.41) is 0. The Morgan fingerprint density at radius 2 is 1.07 bits per heavy atom. The van der Waals surface area contributed by atoms with Gasteiger partial charge >= 0.3 is 0 Å². The Kier molecular flexibility index (Phi) is 15.6. The Morgan fingerprint density at radius 1 is 0.621 bits per heavy atom. The molecule has 0 saturated heterocycles. The summed E-state index contributed by atoms with van der Waals surface area (Å²) in [6.07, 6.45) is 18.8. The van der Waals surface area contributed by atoms with Crippen molar-refractivity contribution in [1.29, 1.82) is 0 Å². The van der Waals surface area contributed by atoms with Crippen LogP contribution in [-0.4, -0.2) is 23.9 Å². The van der Waals surface area contributed by atoms with E-state index < -0.39 is 0 Å². The molecule has 29 heavy (non-hydrogen) atoms. The minimum absolute atomic E-state index is 0.231. The molecular formula is C27H47NO. The van der Waals surface area contributed by atoms with Gasteiger partial charge in [0.2, 0.25) is 0 Å². The fraction of sp³-hybridized carbons (Fsp3) is 0.741. The van der Waals surface area contributed by atoms with Crippen molar-refractivity contribution in [3.63, 3.8) is 0 Å². The highest BCUT2D eigenvalue weighted by atomic mass is 16.2. The minimum atomic E-state index is 0.231. The Bertz CT molecular complexity index is 492. The van der Waals surface area contributed by atoms with E-state index in [4.69, 9.17) is 0 Å². The van der Waals surface area contributed by atoms with Crippen LogP contribution in [0.25, 0.3) is 0 Å². The SMILES string of the molecule is CCCCCCCCN(CCCCCCCC)C(=O)c1ccc(CCCC)cc1. The summed E-state index contributed by atoms with van der Waals surface area (Å²) in [6, 6.07) is 8.39. The van der Waals surface area contributed by atoms with Crippen molar-refractivity contribution in [3.8, 4) is 0 Å². The smallest absolute Gasteiger partial charge is 0.253 e. The van der Waals surface area contributed by atoms with Crippen LogP contribution < -0.4 is 0 Å². The van der Waals surface area contributed by atoms with E-state index >= 15 is 0 Å². The van der Waals surface area contributed by atoms with E-state index in [1.54, 1.807) is 0 Å². The largest absolute Gasteiger partial charge is 0.339 e. The standard InChI is InChI=1S/C27H47NO/c1-4-7-10-12-14-16-23-28(24-17-15-13-11-8-5-2)27(29)26-21-19-25(20-22-26)18-9-6-3/h19-22H,4-18,23-24H2,1-3H3. The van der Waals surface area contributed by atoms with Gasteiger partial charge in [-0.15, -0.1) is 0 Å². The predicted molar refractivity (Wildman–Crippen MR) is 128 cm³/mol. The van der Waals surface area contributed by atoms with Crippen LogP contribution >= 0.6 is 0 Å². The topological polar surface area (TPSA) is 20.3 Å². The Labute approximate surface area is 181 Å². The van der Waals surface area contributed by atoms with Gasteiger partial charge in [-0.1, -0.05) is 104 Å². The number of amides is 1. The lowest BCUT2D eigenvalue weighted by Crippen LogP contribution is -2.33. The van der Waals surface area contributed by atoms with Crippen LogP contribution in [0, 0.1) is 0 Å². The highest BCUT2D eigenvalue weighted by Gasteiger charge is 2.15. The van der Waals surface area contributed by atoms with Gasteiger partial charge in [-0.25, -0.2) is 0 Å². The molecule has 166 valence electrons. The van der Waals surface area contributed by atoms with Gasteiger partial charge in [0.05, 0.1) is 0 Å². The van der Waals surface area contributed by atoms with Crippen molar-refractivity contribution in [3.05, 3.63) is 35.4 Å². The van der Waals surface area contributed by atoms with Crippen LogP contribution in [0.2, 0.25) is 0 Å². The van der Waals surface area contributed by atoms with Crippen LogP contribution in [0.3, 0.4) is 0 Å². The third-order valence-corrected chi connectivity index (χ3v) is 5.87. The summed E-state index contributed by atoms with van der Waals surface area (Å²) in [5.74, 6) is 0.231. The number of carbonyl (C=O) groups is 1. The second-order valence-electron chi connectivity index (χ2n) is 8.63. The van der Waals surface area contributed by atoms with Gasteiger partial charge in [0, 0.05) is 18.7 Å².